The van der Waals surface area contributed by atoms with E-state index in [0.717, 1.165) is 39.0 Å². The van der Waals surface area contributed by atoms with Crippen molar-refractivity contribution in [3.63, 3.8) is 0 Å². The predicted octanol–water partition coefficient (Wildman–Crippen LogP) is 0.0300. The first kappa shape index (κ1) is 14.4. The Kier molecular flexibility index (Phi) is 3.05. The number of ketones is 1. The third-order valence-electron chi connectivity index (χ3n) is 6.61. The van der Waals surface area contributed by atoms with E-state index in [4.69, 9.17) is 0 Å². The fraction of sp³-hybridized carbons (Fsp3) is 0.632. The molecule has 0 saturated carbocycles. The van der Waals surface area contributed by atoms with Crippen LogP contribution in [0.15, 0.2) is 24.3 Å². The molecule has 4 saturated heterocycles. The Balaban J connectivity index is 1.70. The molecular formula is C19H28N2O+2. The highest BCUT2D eigenvalue weighted by molar-refractivity contribution is 5.91. The number of rotatable bonds is 3. The Hall–Kier alpha value is -1.19. The zero-order valence-electron chi connectivity index (χ0n) is 14.0. The summed E-state index contributed by atoms with van der Waals surface area (Å²) in [5.41, 5.74) is 2.74. The van der Waals surface area contributed by atoms with Gasteiger partial charge in [-0.15, -0.1) is 0 Å². The average molecular weight is 300 g/mol. The Labute approximate surface area is 133 Å². The molecule has 0 aliphatic carbocycles. The van der Waals surface area contributed by atoms with E-state index in [1.165, 1.54) is 11.1 Å². The van der Waals surface area contributed by atoms with Crippen molar-refractivity contribution < 1.29 is 14.6 Å². The van der Waals surface area contributed by atoms with Gasteiger partial charge in [0, 0.05) is 0 Å². The number of nitrogens with one attached hydrogen (secondary N) is 2. The van der Waals surface area contributed by atoms with Gasteiger partial charge >= 0.3 is 0 Å². The maximum absolute atomic E-state index is 12.9. The topological polar surface area (TPSA) is 26.0 Å². The van der Waals surface area contributed by atoms with Crippen LogP contribution >= 0.6 is 0 Å². The number of quaternary nitrogens is 2. The third kappa shape index (κ3) is 1.79. The molecule has 1 aromatic rings. The highest BCUT2D eigenvalue weighted by Gasteiger charge is 2.69. The largest absolute Gasteiger partial charge is 0.297 e. The van der Waals surface area contributed by atoms with Gasteiger partial charge < -0.3 is 0 Å². The van der Waals surface area contributed by atoms with Crippen LogP contribution in [-0.2, 0) is 11.2 Å². The number of hydrogen-bond donors (Lipinski definition) is 2. The van der Waals surface area contributed by atoms with E-state index in [1.807, 2.05) is 0 Å². The Morgan fingerprint density at radius 1 is 1.05 bits per heavy atom. The van der Waals surface area contributed by atoms with Crippen molar-refractivity contribution >= 4 is 5.78 Å². The highest BCUT2D eigenvalue weighted by Crippen LogP contribution is 2.38. The normalized spacial score (nSPS) is 42.9. The van der Waals surface area contributed by atoms with Crippen LogP contribution in [0.3, 0.4) is 0 Å². The Morgan fingerprint density at radius 2 is 1.64 bits per heavy atom. The lowest BCUT2D eigenvalue weighted by Gasteiger charge is -2.59. The van der Waals surface area contributed by atoms with Crippen LogP contribution < -0.4 is 9.80 Å². The van der Waals surface area contributed by atoms with Crippen LogP contribution in [0.2, 0.25) is 0 Å². The van der Waals surface area contributed by atoms with Crippen molar-refractivity contribution in [3.05, 3.63) is 35.4 Å². The molecule has 4 aliphatic rings. The minimum absolute atomic E-state index is 0.0459. The molecule has 118 valence electrons. The molecule has 0 amide bonds. The lowest BCUT2D eigenvalue weighted by Crippen LogP contribution is -3.41. The monoisotopic (exact) mass is 300 g/mol. The van der Waals surface area contributed by atoms with Gasteiger partial charge in [-0.3, -0.25) is 14.6 Å². The number of piperidine rings is 2. The molecule has 22 heavy (non-hydrogen) atoms. The lowest BCUT2D eigenvalue weighted by atomic mass is 9.60. The molecule has 1 aromatic carbocycles. The van der Waals surface area contributed by atoms with E-state index >= 15 is 0 Å². The second-order valence-electron chi connectivity index (χ2n) is 8.08. The summed E-state index contributed by atoms with van der Waals surface area (Å²) in [7, 11) is 0. The molecule has 2 N–H and O–H groups in total. The maximum Gasteiger partial charge on any atom is 0.240 e. The van der Waals surface area contributed by atoms with Crippen LogP contribution in [0.1, 0.15) is 44.5 Å². The minimum atomic E-state index is -0.0863. The average Bonchev–Trinajstić information content (AvgIpc) is 2.52. The van der Waals surface area contributed by atoms with E-state index in [9.17, 15) is 4.79 Å². The summed E-state index contributed by atoms with van der Waals surface area (Å²) in [4.78, 5) is 16.2. The minimum Gasteiger partial charge on any atom is -0.297 e. The van der Waals surface area contributed by atoms with Crippen LogP contribution in [0.5, 0.6) is 0 Å². The maximum atomic E-state index is 12.9. The summed E-state index contributed by atoms with van der Waals surface area (Å²) in [5.74, 6) is 0.565. The van der Waals surface area contributed by atoms with Crippen LogP contribution in [0, 0.1) is 10.8 Å². The lowest BCUT2D eigenvalue weighted by molar-refractivity contribution is -1.18. The second-order valence-corrected chi connectivity index (χ2v) is 8.08. The fourth-order valence-corrected chi connectivity index (χ4v) is 5.61. The molecule has 2 unspecified atom stereocenters. The predicted molar refractivity (Wildman–Crippen MR) is 85.8 cm³/mol. The van der Waals surface area contributed by atoms with Crippen molar-refractivity contribution in [3.8, 4) is 0 Å². The molecule has 4 fully saturated rings. The summed E-state index contributed by atoms with van der Waals surface area (Å²) < 4.78 is 0. The van der Waals surface area contributed by atoms with E-state index < -0.39 is 0 Å². The smallest absolute Gasteiger partial charge is 0.240 e. The van der Waals surface area contributed by atoms with Crippen LogP contribution in [0.25, 0.3) is 0 Å². The molecule has 4 heterocycles. The first-order chi connectivity index (χ1) is 10.5. The molecule has 2 atom stereocenters. The molecule has 0 radical (unpaired) electrons. The van der Waals surface area contributed by atoms with Gasteiger partial charge in [-0.05, 0) is 37.5 Å². The van der Waals surface area contributed by atoms with Crippen molar-refractivity contribution in [2.45, 2.75) is 39.8 Å². The standard InChI is InChI=1S/C19H26N2O/c1-4-14-6-8-15(9-7-14)16-20-10-18(3)11-21(16)13-19(5-2,12-20)17(18)22/h6-9,16H,4-5,10-13H2,1-3H3/p+2. The van der Waals surface area contributed by atoms with Gasteiger partial charge in [-0.2, -0.15) is 0 Å². The summed E-state index contributed by atoms with van der Waals surface area (Å²) in [6.45, 7) is 10.8. The molecule has 5 rings (SSSR count). The third-order valence-corrected chi connectivity index (χ3v) is 6.61. The van der Waals surface area contributed by atoms with E-state index in [-0.39, 0.29) is 10.8 Å². The highest BCUT2D eigenvalue weighted by atomic mass is 16.1. The van der Waals surface area contributed by atoms with Crippen molar-refractivity contribution in [1.82, 2.24) is 0 Å². The Bertz CT molecular complexity index is 590. The molecule has 0 spiro atoms. The van der Waals surface area contributed by atoms with Crippen LogP contribution in [0.4, 0.5) is 0 Å². The summed E-state index contributed by atoms with van der Waals surface area (Å²) in [6.07, 6.45) is 2.64. The first-order valence-electron chi connectivity index (χ1n) is 8.84. The number of carbonyl (C=O) groups is 1. The van der Waals surface area contributed by atoms with Crippen molar-refractivity contribution in [2.75, 3.05) is 26.2 Å². The van der Waals surface area contributed by atoms with Gasteiger partial charge in [0.25, 0.3) is 0 Å². The zero-order chi connectivity index (χ0) is 15.5. The second kappa shape index (κ2) is 4.65. The fourth-order valence-electron chi connectivity index (χ4n) is 5.61. The van der Waals surface area contributed by atoms with E-state index in [0.29, 0.717) is 11.9 Å². The number of aryl methyl sites for hydroxylation is 1. The number of Topliss-reactive ketones (excluding diaryl/α,β-unsaturated/α-hetero) is 1. The van der Waals surface area contributed by atoms with Crippen molar-refractivity contribution in [1.29, 1.82) is 0 Å². The van der Waals surface area contributed by atoms with Gasteiger partial charge in [0.1, 0.15) is 23.9 Å². The number of hydrogen-bond acceptors (Lipinski definition) is 1. The zero-order valence-corrected chi connectivity index (χ0v) is 14.0. The van der Waals surface area contributed by atoms with Gasteiger partial charge in [-0.25, -0.2) is 0 Å². The van der Waals surface area contributed by atoms with E-state index in [2.05, 4.69) is 45.0 Å². The summed E-state index contributed by atoms with van der Waals surface area (Å²) in [5, 5.41) is 0. The van der Waals surface area contributed by atoms with Crippen LogP contribution in [-0.4, -0.2) is 32.0 Å². The molecule has 0 aromatic heterocycles. The molecular weight excluding hydrogens is 272 g/mol. The number of carbonyl (C=O) groups excluding carboxylic acids is 1. The SMILES string of the molecule is CCc1ccc(C2[NH+]3CC4(C)C[NH+]2CC(CC)(C3)C4=O)cc1. The van der Waals surface area contributed by atoms with Crippen molar-refractivity contribution in [2.24, 2.45) is 10.8 Å². The van der Waals surface area contributed by atoms with Gasteiger partial charge in [-0.1, -0.05) is 26.0 Å². The quantitative estimate of drug-likeness (QED) is 0.809. The van der Waals surface area contributed by atoms with E-state index in [1.54, 1.807) is 9.80 Å². The van der Waals surface area contributed by atoms with Gasteiger partial charge in [0.15, 0.2) is 5.78 Å². The molecule has 4 aliphatic heterocycles. The molecule has 3 heteroatoms. The summed E-state index contributed by atoms with van der Waals surface area (Å²) in [6, 6.07) is 9.22. The molecule has 3 nitrogen and oxygen atoms in total. The summed E-state index contributed by atoms with van der Waals surface area (Å²) >= 11 is 0. The first-order valence-corrected chi connectivity index (χ1v) is 8.84. The molecule has 4 bridgehead atoms. The van der Waals surface area contributed by atoms with Gasteiger partial charge in [0.05, 0.1) is 18.7 Å². The Morgan fingerprint density at radius 3 is 2.14 bits per heavy atom. The van der Waals surface area contributed by atoms with Gasteiger partial charge in [0.2, 0.25) is 6.17 Å². The number of benzene rings is 1.